The molecule has 1 aromatic heterocycles. The second kappa shape index (κ2) is 5.18. The molecule has 15 heavy (non-hydrogen) atoms. The molecule has 0 amide bonds. The van der Waals surface area contributed by atoms with Gasteiger partial charge in [-0.1, -0.05) is 0 Å². The molecule has 1 rings (SSSR count). The number of hydrogen-bond acceptors (Lipinski definition) is 3. The molecule has 0 radical (unpaired) electrons. The Labute approximate surface area is 94.4 Å². The molecular formula is C9H10BrFN2O2. The lowest BCUT2D eigenvalue weighted by Gasteiger charge is -2.10. The van der Waals surface area contributed by atoms with Crippen LogP contribution in [0.2, 0.25) is 0 Å². The first kappa shape index (κ1) is 12.1. The zero-order valence-electron chi connectivity index (χ0n) is 7.78. The summed E-state index contributed by atoms with van der Waals surface area (Å²) < 4.78 is 13.8. The monoisotopic (exact) mass is 276 g/mol. The highest BCUT2D eigenvalue weighted by Crippen LogP contribution is 2.19. The van der Waals surface area contributed by atoms with E-state index in [0.29, 0.717) is 4.47 Å². The summed E-state index contributed by atoms with van der Waals surface area (Å²) in [5.41, 5.74) is 5.71. The fourth-order valence-corrected chi connectivity index (χ4v) is 1.42. The van der Waals surface area contributed by atoms with Crippen molar-refractivity contribution >= 4 is 21.9 Å². The maximum atomic E-state index is 13.3. The van der Waals surface area contributed by atoms with Gasteiger partial charge in [0.2, 0.25) is 0 Å². The molecule has 0 saturated carbocycles. The summed E-state index contributed by atoms with van der Waals surface area (Å²) in [6.45, 7) is 0. The smallest absolute Gasteiger partial charge is 0.303 e. The van der Waals surface area contributed by atoms with Crippen LogP contribution in [0.5, 0.6) is 0 Å². The van der Waals surface area contributed by atoms with Gasteiger partial charge < -0.3 is 10.8 Å². The molecule has 0 fully saturated rings. The van der Waals surface area contributed by atoms with Crippen molar-refractivity contribution in [3.63, 3.8) is 0 Å². The van der Waals surface area contributed by atoms with E-state index in [9.17, 15) is 9.18 Å². The number of halogens is 2. The van der Waals surface area contributed by atoms with Crippen LogP contribution in [-0.4, -0.2) is 16.1 Å². The molecule has 0 aromatic carbocycles. The number of carbonyl (C=O) groups is 1. The Morgan fingerprint density at radius 1 is 1.73 bits per heavy atom. The summed E-state index contributed by atoms with van der Waals surface area (Å²) in [7, 11) is 0. The molecule has 0 bridgehead atoms. The standard InChI is InChI=1S/C9H10BrFN2O2/c10-5-3-6(11)9(13-4-5)7(12)1-2-8(14)15/h3-4,7H,1-2,12H2,(H,14,15)/t7-/m0/s1. The number of carboxylic acid groups (broad SMARTS) is 1. The van der Waals surface area contributed by atoms with Crippen LogP contribution in [0.1, 0.15) is 24.6 Å². The number of nitrogens with two attached hydrogens (primary N) is 1. The van der Waals surface area contributed by atoms with Gasteiger partial charge in [-0.3, -0.25) is 9.78 Å². The van der Waals surface area contributed by atoms with Gasteiger partial charge in [-0.2, -0.15) is 0 Å². The van der Waals surface area contributed by atoms with Gasteiger partial charge in [-0.05, 0) is 28.4 Å². The third kappa shape index (κ3) is 3.56. The number of aliphatic carboxylic acids is 1. The summed E-state index contributed by atoms with van der Waals surface area (Å²) in [4.78, 5) is 14.1. The molecule has 1 heterocycles. The molecule has 6 heteroatoms. The van der Waals surface area contributed by atoms with Crippen molar-refractivity contribution in [2.24, 2.45) is 5.73 Å². The Morgan fingerprint density at radius 3 is 2.93 bits per heavy atom. The summed E-state index contributed by atoms with van der Waals surface area (Å²) in [5.74, 6) is -1.48. The Kier molecular flexibility index (Phi) is 4.16. The van der Waals surface area contributed by atoms with E-state index in [1.807, 2.05) is 0 Å². The van der Waals surface area contributed by atoms with Crippen LogP contribution in [0.15, 0.2) is 16.7 Å². The Morgan fingerprint density at radius 2 is 2.40 bits per heavy atom. The molecule has 1 atom stereocenters. The van der Waals surface area contributed by atoms with Crippen LogP contribution in [-0.2, 0) is 4.79 Å². The first-order valence-corrected chi connectivity index (χ1v) is 5.08. The molecule has 0 aliphatic heterocycles. The van der Waals surface area contributed by atoms with E-state index < -0.39 is 17.8 Å². The molecule has 0 aliphatic carbocycles. The minimum Gasteiger partial charge on any atom is -0.481 e. The SMILES string of the molecule is N[C@@H](CCC(=O)O)c1ncc(Br)cc1F. The summed E-state index contributed by atoms with van der Waals surface area (Å²) >= 11 is 3.07. The van der Waals surface area contributed by atoms with E-state index in [4.69, 9.17) is 10.8 Å². The largest absolute Gasteiger partial charge is 0.481 e. The van der Waals surface area contributed by atoms with Gasteiger partial charge in [-0.25, -0.2) is 4.39 Å². The van der Waals surface area contributed by atoms with Gasteiger partial charge in [0.1, 0.15) is 5.82 Å². The van der Waals surface area contributed by atoms with Crippen LogP contribution in [0, 0.1) is 5.82 Å². The predicted octanol–water partition coefficient (Wildman–Crippen LogP) is 1.85. The Hall–Kier alpha value is -1.01. The number of hydrogen-bond donors (Lipinski definition) is 2. The Bertz CT molecular complexity index is 373. The van der Waals surface area contributed by atoms with Gasteiger partial charge in [0, 0.05) is 17.1 Å². The predicted molar refractivity (Wildman–Crippen MR) is 55.7 cm³/mol. The van der Waals surface area contributed by atoms with Crippen molar-refractivity contribution in [2.45, 2.75) is 18.9 Å². The first-order valence-electron chi connectivity index (χ1n) is 4.29. The zero-order valence-corrected chi connectivity index (χ0v) is 9.37. The van der Waals surface area contributed by atoms with E-state index in [-0.39, 0.29) is 18.5 Å². The van der Waals surface area contributed by atoms with Crippen LogP contribution >= 0.6 is 15.9 Å². The first-order chi connectivity index (χ1) is 7.00. The number of rotatable bonds is 4. The number of carboxylic acids is 1. The van der Waals surface area contributed by atoms with Crippen LogP contribution in [0.3, 0.4) is 0 Å². The van der Waals surface area contributed by atoms with Crippen LogP contribution < -0.4 is 5.73 Å². The van der Waals surface area contributed by atoms with E-state index in [0.717, 1.165) is 0 Å². The highest BCUT2D eigenvalue weighted by atomic mass is 79.9. The van der Waals surface area contributed by atoms with Crippen molar-refractivity contribution in [1.29, 1.82) is 0 Å². The number of aromatic nitrogens is 1. The fraction of sp³-hybridized carbons (Fsp3) is 0.333. The topological polar surface area (TPSA) is 76.2 Å². The molecule has 0 aliphatic rings. The fourth-order valence-electron chi connectivity index (χ4n) is 1.11. The van der Waals surface area contributed by atoms with Crippen molar-refractivity contribution in [1.82, 2.24) is 4.98 Å². The lowest BCUT2D eigenvalue weighted by atomic mass is 10.1. The lowest BCUT2D eigenvalue weighted by Crippen LogP contribution is -2.15. The molecule has 82 valence electrons. The highest BCUT2D eigenvalue weighted by molar-refractivity contribution is 9.10. The zero-order chi connectivity index (χ0) is 11.4. The highest BCUT2D eigenvalue weighted by Gasteiger charge is 2.14. The van der Waals surface area contributed by atoms with Gasteiger partial charge in [0.15, 0.2) is 0 Å². The van der Waals surface area contributed by atoms with Crippen LogP contribution in [0.4, 0.5) is 4.39 Å². The molecule has 4 nitrogen and oxygen atoms in total. The van der Waals surface area contributed by atoms with Crippen molar-refractivity contribution in [3.8, 4) is 0 Å². The maximum Gasteiger partial charge on any atom is 0.303 e. The lowest BCUT2D eigenvalue weighted by molar-refractivity contribution is -0.137. The second-order valence-corrected chi connectivity index (χ2v) is 3.98. The minimum atomic E-state index is -0.956. The number of nitrogens with zero attached hydrogens (tertiary/aromatic N) is 1. The van der Waals surface area contributed by atoms with Gasteiger partial charge in [-0.15, -0.1) is 0 Å². The average molecular weight is 277 g/mol. The van der Waals surface area contributed by atoms with Gasteiger partial charge >= 0.3 is 5.97 Å². The third-order valence-electron chi connectivity index (χ3n) is 1.86. The summed E-state index contributed by atoms with van der Waals surface area (Å²) in [6, 6.07) is 0.567. The van der Waals surface area contributed by atoms with Gasteiger partial charge in [0.05, 0.1) is 11.7 Å². The van der Waals surface area contributed by atoms with Crippen molar-refractivity contribution < 1.29 is 14.3 Å². The normalized spacial score (nSPS) is 12.5. The van der Waals surface area contributed by atoms with Crippen molar-refractivity contribution in [2.75, 3.05) is 0 Å². The summed E-state index contributed by atoms with van der Waals surface area (Å²) in [6.07, 6.45) is 1.50. The minimum absolute atomic E-state index is 0.0967. The van der Waals surface area contributed by atoms with E-state index in [1.54, 1.807) is 0 Å². The quantitative estimate of drug-likeness (QED) is 0.880. The molecule has 1 aromatic rings. The van der Waals surface area contributed by atoms with E-state index in [1.165, 1.54) is 12.3 Å². The molecule has 3 N–H and O–H groups in total. The second-order valence-electron chi connectivity index (χ2n) is 3.06. The van der Waals surface area contributed by atoms with Crippen molar-refractivity contribution in [3.05, 3.63) is 28.2 Å². The molecule has 0 spiro atoms. The summed E-state index contributed by atoms with van der Waals surface area (Å²) in [5, 5.41) is 8.45. The molecule has 0 saturated heterocycles. The molecular weight excluding hydrogens is 267 g/mol. The molecule has 0 unspecified atom stereocenters. The average Bonchev–Trinajstić information content (AvgIpc) is 2.14. The third-order valence-corrected chi connectivity index (χ3v) is 2.29. The number of pyridine rings is 1. The maximum absolute atomic E-state index is 13.3. The van der Waals surface area contributed by atoms with Gasteiger partial charge in [0.25, 0.3) is 0 Å². The van der Waals surface area contributed by atoms with E-state index in [2.05, 4.69) is 20.9 Å². The van der Waals surface area contributed by atoms with Crippen LogP contribution in [0.25, 0.3) is 0 Å². The van der Waals surface area contributed by atoms with E-state index >= 15 is 0 Å². The Balaban J connectivity index is 2.73.